The molecule has 0 aromatic carbocycles. The highest BCUT2D eigenvalue weighted by Crippen LogP contribution is 2.21. The number of halogens is 1. The van der Waals surface area contributed by atoms with Gasteiger partial charge in [0.15, 0.2) is 5.82 Å². The molecule has 0 unspecified atom stereocenters. The minimum Gasteiger partial charge on any atom is -0.235 e. The van der Waals surface area contributed by atoms with Crippen molar-refractivity contribution < 1.29 is 0 Å². The largest absolute Gasteiger partial charge is 0.235 e. The molecule has 0 spiro atoms. The summed E-state index contributed by atoms with van der Waals surface area (Å²) in [6, 6.07) is 1.90. The molecular weight excluding hydrogens is 172 g/mol. The van der Waals surface area contributed by atoms with Gasteiger partial charge in [-0.2, -0.15) is 0 Å². The molecule has 2 aliphatic heterocycles. The molecular formula is C9H13ClN2. The Morgan fingerprint density at radius 1 is 1.42 bits per heavy atom. The summed E-state index contributed by atoms with van der Waals surface area (Å²) in [6.45, 7) is 2.17. The summed E-state index contributed by atoms with van der Waals surface area (Å²) < 4.78 is 0. The smallest absolute Gasteiger partial charge is 0.178 e. The summed E-state index contributed by atoms with van der Waals surface area (Å²) in [5.74, 6) is 1.75. The predicted octanol–water partition coefficient (Wildman–Crippen LogP) is 2.87. The van der Waals surface area contributed by atoms with Crippen LogP contribution in [-0.2, 0) is 0 Å². The lowest BCUT2D eigenvalue weighted by atomic mass is 10.3. The van der Waals surface area contributed by atoms with E-state index in [4.69, 9.17) is 11.6 Å². The van der Waals surface area contributed by atoms with Crippen LogP contribution < -0.4 is 0 Å². The molecule has 0 saturated carbocycles. The minimum atomic E-state index is 0.827. The highest BCUT2D eigenvalue weighted by molar-refractivity contribution is 6.17. The standard InChI is InChI=1S/C5H11Cl.C4H2N2/c1-2-3-4-5-6;1-2-5-4-3(1)6-4/h2-5H2,1H3;1-2H. The molecule has 0 fully saturated rings. The zero-order valence-corrected chi connectivity index (χ0v) is 8.01. The van der Waals surface area contributed by atoms with Gasteiger partial charge in [0.05, 0.1) is 0 Å². The van der Waals surface area contributed by atoms with E-state index in [1.807, 2.05) is 6.07 Å². The molecule has 0 aromatic heterocycles. The van der Waals surface area contributed by atoms with Crippen LogP contribution in [0.3, 0.4) is 0 Å². The number of unbranched alkanes of at least 4 members (excludes halogenated alkanes) is 2. The second-order valence-corrected chi connectivity index (χ2v) is 3.04. The normalized spacial score (nSPS) is 10.2. The SMILES string of the molecule is CCCCCCl.c1cc2nc-2n1. The van der Waals surface area contributed by atoms with E-state index < -0.39 is 0 Å². The summed E-state index contributed by atoms with van der Waals surface area (Å²) in [4.78, 5) is 7.68. The number of hydrogen-bond donors (Lipinski definition) is 0. The molecule has 0 aromatic rings. The molecule has 12 heavy (non-hydrogen) atoms. The Bertz CT molecular complexity index is 216. The van der Waals surface area contributed by atoms with Gasteiger partial charge in [-0.15, -0.1) is 11.6 Å². The van der Waals surface area contributed by atoms with Crippen LogP contribution in [-0.4, -0.2) is 15.8 Å². The van der Waals surface area contributed by atoms with Crippen molar-refractivity contribution in [2.24, 2.45) is 0 Å². The maximum Gasteiger partial charge on any atom is 0.178 e. The average Bonchev–Trinajstić information content (AvgIpc) is 2.72. The van der Waals surface area contributed by atoms with Gasteiger partial charge in [-0.3, -0.25) is 0 Å². The number of rotatable bonds is 3. The first-order valence-electron chi connectivity index (χ1n) is 4.28. The summed E-state index contributed by atoms with van der Waals surface area (Å²) >= 11 is 5.38. The van der Waals surface area contributed by atoms with Crippen molar-refractivity contribution in [3.63, 3.8) is 0 Å². The second-order valence-electron chi connectivity index (χ2n) is 2.66. The van der Waals surface area contributed by atoms with Crippen LogP contribution in [0.15, 0.2) is 12.3 Å². The molecule has 0 atom stereocenters. The fourth-order valence-electron chi connectivity index (χ4n) is 0.816. The van der Waals surface area contributed by atoms with E-state index in [9.17, 15) is 0 Å². The summed E-state index contributed by atoms with van der Waals surface area (Å²) in [5.41, 5.74) is 1.06. The lowest BCUT2D eigenvalue weighted by molar-refractivity contribution is 0.776. The monoisotopic (exact) mass is 184 g/mol. The number of hydrogen-bond acceptors (Lipinski definition) is 2. The van der Waals surface area contributed by atoms with Crippen LogP contribution in [0.2, 0.25) is 0 Å². The van der Waals surface area contributed by atoms with Crippen molar-refractivity contribution in [2.75, 3.05) is 5.88 Å². The minimum absolute atomic E-state index is 0.827. The summed E-state index contributed by atoms with van der Waals surface area (Å²) in [6.07, 6.45) is 5.49. The third-order valence-corrected chi connectivity index (χ3v) is 1.84. The van der Waals surface area contributed by atoms with Crippen molar-refractivity contribution in [1.82, 2.24) is 9.97 Å². The maximum absolute atomic E-state index is 5.38. The van der Waals surface area contributed by atoms with Crippen LogP contribution in [0.25, 0.3) is 11.5 Å². The Kier molecular flexibility index (Phi) is 4.01. The van der Waals surface area contributed by atoms with Crippen LogP contribution >= 0.6 is 11.6 Å². The lowest BCUT2D eigenvalue weighted by Gasteiger charge is -1.84. The van der Waals surface area contributed by atoms with Crippen molar-refractivity contribution in [3.05, 3.63) is 12.3 Å². The van der Waals surface area contributed by atoms with Crippen LogP contribution in [0, 0.1) is 0 Å². The zero-order valence-electron chi connectivity index (χ0n) is 7.26. The van der Waals surface area contributed by atoms with Crippen molar-refractivity contribution >= 4 is 11.6 Å². The molecule has 0 N–H and O–H groups in total. The average molecular weight is 185 g/mol. The zero-order chi connectivity index (χ0) is 8.81. The molecule has 2 rings (SSSR count). The Morgan fingerprint density at radius 3 is 2.42 bits per heavy atom. The van der Waals surface area contributed by atoms with Crippen LogP contribution in [0.4, 0.5) is 0 Å². The third-order valence-electron chi connectivity index (χ3n) is 1.57. The van der Waals surface area contributed by atoms with Gasteiger partial charge in [-0.1, -0.05) is 19.8 Å². The van der Waals surface area contributed by atoms with Crippen LogP contribution in [0.1, 0.15) is 26.2 Å². The van der Waals surface area contributed by atoms with Crippen molar-refractivity contribution in [2.45, 2.75) is 26.2 Å². The van der Waals surface area contributed by atoms with Gasteiger partial charge in [-0.25, -0.2) is 9.97 Å². The summed E-state index contributed by atoms with van der Waals surface area (Å²) in [7, 11) is 0. The Hall–Kier alpha value is -0.630. The van der Waals surface area contributed by atoms with E-state index in [-0.39, 0.29) is 0 Å². The van der Waals surface area contributed by atoms with Crippen molar-refractivity contribution in [3.8, 4) is 11.5 Å². The first-order chi connectivity index (χ1) is 5.88. The molecule has 0 radical (unpaired) electrons. The van der Waals surface area contributed by atoms with E-state index in [0.29, 0.717) is 0 Å². The van der Waals surface area contributed by atoms with Gasteiger partial charge in [0.2, 0.25) is 0 Å². The van der Waals surface area contributed by atoms with Crippen LogP contribution in [0.5, 0.6) is 0 Å². The number of alkyl halides is 1. The molecule has 2 heterocycles. The highest BCUT2D eigenvalue weighted by Gasteiger charge is 2.13. The third kappa shape index (κ3) is 3.18. The van der Waals surface area contributed by atoms with E-state index in [2.05, 4.69) is 16.9 Å². The molecule has 0 aliphatic carbocycles. The van der Waals surface area contributed by atoms with Gasteiger partial charge < -0.3 is 0 Å². The number of nitrogens with zero attached hydrogens (tertiary/aromatic N) is 2. The van der Waals surface area contributed by atoms with Gasteiger partial charge in [0.25, 0.3) is 0 Å². The molecule has 0 amide bonds. The first-order valence-corrected chi connectivity index (χ1v) is 4.81. The maximum atomic E-state index is 5.38. The summed E-state index contributed by atoms with van der Waals surface area (Å²) in [5, 5.41) is 0. The van der Waals surface area contributed by atoms with Crippen molar-refractivity contribution in [1.29, 1.82) is 0 Å². The molecule has 2 aliphatic rings. The Labute approximate surface area is 78.0 Å². The molecule has 2 nitrogen and oxygen atoms in total. The van der Waals surface area contributed by atoms with Gasteiger partial charge >= 0.3 is 0 Å². The fraction of sp³-hybridized carbons (Fsp3) is 0.556. The topological polar surface area (TPSA) is 25.8 Å². The lowest BCUT2D eigenvalue weighted by Crippen LogP contribution is -1.70. The molecule has 0 saturated heterocycles. The quantitative estimate of drug-likeness (QED) is 0.542. The Balaban J connectivity index is 0.000000120. The van der Waals surface area contributed by atoms with E-state index in [1.165, 1.54) is 19.3 Å². The molecule has 66 valence electrons. The number of aromatic nitrogens is 2. The van der Waals surface area contributed by atoms with Gasteiger partial charge in [-0.05, 0) is 12.5 Å². The Morgan fingerprint density at radius 2 is 2.25 bits per heavy atom. The van der Waals surface area contributed by atoms with E-state index in [1.54, 1.807) is 6.20 Å². The number of fused-ring (bicyclic) bond motifs is 1. The molecule has 0 bridgehead atoms. The van der Waals surface area contributed by atoms with Gasteiger partial charge in [0, 0.05) is 12.1 Å². The fourth-order valence-corrected chi connectivity index (χ4v) is 1.00. The first kappa shape index (κ1) is 9.46. The second kappa shape index (κ2) is 5.09. The van der Waals surface area contributed by atoms with E-state index in [0.717, 1.165) is 17.4 Å². The van der Waals surface area contributed by atoms with E-state index >= 15 is 0 Å². The molecule has 3 heteroatoms. The predicted molar refractivity (Wildman–Crippen MR) is 51.3 cm³/mol. The van der Waals surface area contributed by atoms with Gasteiger partial charge in [0.1, 0.15) is 5.69 Å². The highest BCUT2D eigenvalue weighted by atomic mass is 35.5.